The third kappa shape index (κ3) is 1.65. The van der Waals surface area contributed by atoms with Crippen molar-refractivity contribution in [2.45, 2.75) is 0 Å². The van der Waals surface area contributed by atoms with Crippen LogP contribution in [-0.2, 0) is 0 Å². The molecule has 0 amide bonds. The SMILES string of the molecule is N.Oc1[nH]nnc1-c1ccccc1. The molecule has 5 N–H and O–H groups in total. The van der Waals surface area contributed by atoms with Crippen LogP contribution in [0.3, 0.4) is 0 Å². The largest absolute Gasteiger partial charge is 0.492 e. The van der Waals surface area contributed by atoms with Crippen LogP contribution in [0.4, 0.5) is 0 Å². The molecule has 0 saturated heterocycles. The molecule has 13 heavy (non-hydrogen) atoms. The Labute approximate surface area is 75.0 Å². The minimum absolute atomic E-state index is 0. The topological polar surface area (TPSA) is 96.8 Å². The molecule has 1 heterocycles. The Morgan fingerprint density at radius 3 is 2.38 bits per heavy atom. The number of nitrogens with one attached hydrogen (secondary N) is 1. The lowest BCUT2D eigenvalue weighted by molar-refractivity contribution is 0.454. The summed E-state index contributed by atoms with van der Waals surface area (Å²) in [6.07, 6.45) is 0. The second-order valence-electron chi connectivity index (χ2n) is 2.38. The number of aromatic nitrogens is 3. The number of nitrogens with zero attached hydrogens (tertiary/aromatic N) is 2. The van der Waals surface area contributed by atoms with Crippen molar-refractivity contribution in [3.63, 3.8) is 0 Å². The van der Waals surface area contributed by atoms with Gasteiger partial charge in [-0.3, -0.25) is 0 Å². The average Bonchev–Trinajstić information content (AvgIpc) is 2.53. The lowest BCUT2D eigenvalue weighted by Crippen LogP contribution is -1.76. The summed E-state index contributed by atoms with van der Waals surface area (Å²) in [4.78, 5) is 0. The summed E-state index contributed by atoms with van der Waals surface area (Å²) < 4.78 is 0. The van der Waals surface area contributed by atoms with Crippen molar-refractivity contribution < 1.29 is 5.11 Å². The molecule has 0 aliphatic carbocycles. The van der Waals surface area contributed by atoms with E-state index in [-0.39, 0.29) is 12.0 Å². The number of hydrogen-bond acceptors (Lipinski definition) is 4. The molecule has 0 fully saturated rings. The quantitative estimate of drug-likeness (QED) is 0.613. The molecular formula is C8H10N4O. The van der Waals surface area contributed by atoms with E-state index in [2.05, 4.69) is 15.4 Å². The molecule has 0 atom stereocenters. The lowest BCUT2D eigenvalue weighted by atomic mass is 10.2. The molecule has 0 aliphatic rings. The standard InChI is InChI=1S/C8H7N3O.H3N/c12-8-7(9-11-10-8)6-4-2-1-3-5-6;/h1-5H,(H2,9,10,11,12);1H3. The molecule has 1 aromatic carbocycles. The van der Waals surface area contributed by atoms with Crippen molar-refractivity contribution in [2.24, 2.45) is 0 Å². The van der Waals surface area contributed by atoms with Gasteiger partial charge in [0.05, 0.1) is 0 Å². The van der Waals surface area contributed by atoms with Crippen molar-refractivity contribution in [2.75, 3.05) is 0 Å². The highest BCUT2D eigenvalue weighted by Gasteiger charge is 2.06. The van der Waals surface area contributed by atoms with E-state index in [1.54, 1.807) is 0 Å². The van der Waals surface area contributed by atoms with Gasteiger partial charge in [0.25, 0.3) is 0 Å². The number of benzene rings is 1. The van der Waals surface area contributed by atoms with Crippen LogP contribution in [0.2, 0.25) is 0 Å². The van der Waals surface area contributed by atoms with Crippen LogP contribution in [0.5, 0.6) is 5.88 Å². The highest BCUT2D eigenvalue weighted by molar-refractivity contribution is 5.62. The number of hydrogen-bond donors (Lipinski definition) is 3. The first-order valence-electron chi connectivity index (χ1n) is 3.53. The van der Waals surface area contributed by atoms with E-state index in [1.165, 1.54) is 0 Å². The predicted molar refractivity (Wildman–Crippen MR) is 48.5 cm³/mol. The molecule has 68 valence electrons. The van der Waals surface area contributed by atoms with Gasteiger partial charge in [-0.1, -0.05) is 35.5 Å². The fourth-order valence-electron chi connectivity index (χ4n) is 1.01. The number of aromatic amines is 1. The van der Waals surface area contributed by atoms with E-state index in [1.807, 2.05) is 30.3 Å². The average molecular weight is 178 g/mol. The van der Waals surface area contributed by atoms with Crippen LogP contribution in [0.25, 0.3) is 11.3 Å². The maximum absolute atomic E-state index is 9.22. The Balaban J connectivity index is 0.000000845. The van der Waals surface area contributed by atoms with Crippen molar-refractivity contribution >= 4 is 0 Å². The Bertz CT molecular complexity index is 371. The van der Waals surface area contributed by atoms with E-state index in [0.717, 1.165) is 5.56 Å². The van der Waals surface area contributed by atoms with Gasteiger partial charge >= 0.3 is 0 Å². The summed E-state index contributed by atoms with van der Waals surface area (Å²) in [7, 11) is 0. The second kappa shape index (κ2) is 3.68. The summed E-state index contributed by atoms with van der Waals surface area (Å²) >= 11 is 0. The molecule has 0 saturated carbocycles. The molecule has 0 spiro atoms. The van der Waals surface area contributed by atoms with Gasteiger partial charge in [-0.15, -0.1) is 5.10 Å². The van der Waals surface area contributed by atoms with Gasteiger partial charge < -0.3 is 11.3 Å². The normalized spacial score (nSPS) is 9.23. The first-order valence-corrected chi connectivity index (χ1v) is 3.53. The minimum atomic E-state index is 0. The smallest absolute Gasteiger partial charge is 0.235 e. The zero-order valence-corrected chi connectivity index (χ0v) is 6.94. The van der Waals surface area contributed by atoms with Crippen molar-refractivity contribution in [3.05, 3.63) is 30.3 Å². The van der Waals surface area contributed by atoms with Crippen molar-refractivity contribution in [3.8, 4) is 17.1 Å². The molecule has 0 unspecified atom stereocenters. The van der Waals surface area contributed by atoms with Crippen molar-refractivity contribution in [1.82, 2.24) is 21.6 Å². The van der Waals surface area contributed by atoms with Gasteiger partial charge in [0.15, 0.2) is 5.69 Å². The van der Waals surface area contributed by atoms with E-state index >= 15 is 0 Å². The zero-order valence-electron chi connectivity index (χ0n) is 6.94. The maximum Gasteiger partial charge on any atom is 0.235 e. The van der Waals surface area contributed by atoms with Gasteiger partial charge in [-0.05, 0) is 0 Å². The molecule has 5 nitrogen and oxygen atoms in total. The van der Waals surface area contributed by atoms with Gasteiger partial charge in [0, 0.05) is 5.56 Å². The second-order valence-corrected chi connectivity index (χ2v) is 2.38. The van der Waals surface area contributed by atoms with Gasteiger partial charge in [-0.2, -0.15) is 0 Å². The Morgan fingerprint density at radius 2 is 1.85 bits per heavy atom. The Morgan fingerprint density at radius 1 is 1.15 bits per heavy atom. The van der Waals surface area contributed by atoms with E-state index < -0.39 is 0 Å². The van der Waals surface area contributed by atoms with E-state index in [9.17, 15) is 5.11 Å². The predicted octanol–water partition coefficient (Wildman–Crippen LogP) is 1.34. The molecule has 5 heteroatoms. The van der Waals surface area contributed by atoms with Gasteiger partial charge in [0.1, 0.15) is 0 Å². The van der Waals surface area contributed by atoms with Crippen LogP contribution in [0.15, 0.2) is 30.3 Å². The Hall–Kier alpha value is -1.88. The fraction of sp³-hybridized carbons (Fsp3) is 0. The van der Waals surface area contributed by atoms with Crippen molar-refractivity contribution in [1.29, 1.82) is 0 Å². The number of rotatable bonds is 1. The first-order chi connectivity index (χ1) is 5.88. The summed E-state index contributed by atoms with van der Waals surface area (Å²) in [5.74, 6) is 0.00111. The Kier molecular flexibility index (Phi) is 2.61. The lowest BCUT2D eigenvalue weighted by Gasteiger charge is -1.93. The molecule has 0 radical (unpaired) electrons. The first kappa shape index (κ1) is 9.21. The fourth-order valence-corrected chi connectivity index (χ4v) is 1.01. The zero-order chi connectivity index (χ0) is 8.39. The third-order valence-corrected chi connectivity index (χ3v) is 1.58. The van der Waals surface area contributed by atoms with E-state index in [0.29, 0.717) is 5.69 Å². The van der Waals surface area contributed by atoms with Gasteiger partial charge in [-0.25, -0.2) is 5.10 Å². The van der Waals surface area contributed by atoms with Crippen LogP contribution < -0.4 is 6.15 Å². The molecule has 0 bridgehead atoms. The van der Waals surface area contributed by atoms with Crippen LogP contribution in [0, 0.1) is 0 Å². The van der Waals surface area contributed by atoms with Crippen LogP contribution in [0.1, 0.15) is 0 Å². The highest BCUT2D eigenvalue weighted by Crippen LogP contribution is 2.22. The van der Waals surface area contributed by atoms with Gasteiger partial charge in [0.2, 0.25) is 5.88 Å². The number of H-pyrrole nitrogens is 1. The minimum Gasteiger partial charge on any atom is -0.492 e. The summed E-state index contributed by atoms with van der Waals surface area (Å²) in [5.41, 5.74) is 1.33. The molecule has 2 rings (SSSR count). The maximum atomic E-state index is 9.22. The monoisotopic (exact) mass is 178 g/mol. The third-order valence-electron chi connectivity index (χ3n) is 1.58. The highest BCUT2D eigenvalue weighted by atomic mass is 16.3. The van der Waals surface area contributed by atoms with Crippen LogP contribution in [-0.4, -0.2) is 20.5 Å². The molecule has 2 aromatic rings. The molecule has 1 aromatic heterocycles. The molecule has 0 aliphatic heterocycles. The van der Waals surface area contributed by atoms with Crippen LogP contribution >= 0.6 is 0 Å². The summed E-state index contributed by atoms with van der Waals surface area (Å²) in [6, 6.07) is 9.38. The molecular weight excluding hydrogens is 168 g/mol. The number of aromatic hydroxyl groups is 1. The van der Waals surface area contributed by atoms with E-state index in [4.69, 9.17) is 0 Å². The summed E-state index contributed by atoms with van der Waals surface area (Å²) in [6.45, 7) is 0. The summed E-state index contributed by atoms with van der Waals surface area (Å²) in [5, 5.41) is 18.8.